The maximum absolute atomic E-state index is 12.8. The fraction of sp³-hybridized carbons (Fsp3) is 0.267. The van der Waals surface area contributed by atoms with Crippen LogP contribution in [0.3, 0.4) is 0 Å². The summed E-state index contributed by atoms with van der Waals surface area (Å²) < 4.78 is 22.9. The summed E-state index contributed by atoms with van der Waals surface area (Å²) in [7, 11) is 3.18. The fourth-order valence-electron chi connectivity index (χ4n) is 4.19. The largest absolute Gasteiger partial charge is 0.493 e. The molecule has 7 heteroatoms. The van der Waals surface area contributed by atoms with Crippen molar-refractivity contribution in [1.29, 1.82) is 0 Å². The van der Waals surface area contributed by atoms with Gasteiger partial charge in [0.2, 0.25) is 0 Å². The van der Waals surface area contributed by atoms with Gasteiger partial charge in [0.25, 0.3) is 0 Å². The lowest BCUT2D eigenvalue weighted by molar-refractivity contribution is 0.105. The molecule has 0 aliphatic rings. The Bertz CT molecular complexity index is 1390. The van der Waals surface area contributed by atoms with Crippen LogP contribution < -0.4 is 19.5 Å². The van der Waals surface area contributed by atoms with Gasteiger partial charge in [-0.3, -0.25) is 10.3 Å². The molecule has 37 heavy (non-hydrogen) atoms. The third-order valence-electron chi connectivity index (χ3n) is 6.37. The van der Waals surface area contributed by atoms with Crippen molar-refractivity contribution >= 4 is 22.7 Å². The zero-order chi connectivity index (χ0) is 26.4. The maximum Gasteiger partial charge on any atom is 0.412 e. The van der Waals surface area contributed by atoms with E-state index >= 15 is 0 Å². The van der Waals surface area contributed by atoms with E-state index in [4.69, 9.17) is 18.9 Å². The quantitative estimate of drug-likeness (QED) is 0.253. The lowest BCUT2D eigenvalue weighted by atomic mass is 10.1. The number of amides is 1. The monoisotopic (exact) mass is 500 g/mol. The van der Waals surface area contributed by atoms with Gasteiger partial charge in [-0.25, -0.2) is 4.79 Å². The highest BCUT2D eigenvalue weighted by atomic mass is 16.6. The number of ether oxygens (including phenoxy) is 4. The molecule has 1 amide bonds. The predicted molar refractivity (Wildman–Crippen MR) is 145 cm³/mol. The lowest BCUT2D eigenvalue weighted by Crippen LogP contribution is -2.18. The van der Waals surface area contributed by atoms with E-state index in [0.717, 1.165) is 40.4 Å². The average molecular weight is 501 g/mol. The van der Waals surface area contributed by atoms with Gasteiger partial charge in [-0.05, 0) is 61.2 Å². The van der Waals surface area contributed by atoms with E-state index in [2.05, 4.69) is 17.2 Å². The first kappa shape index (κ1) is 25.8. The molecule has 0 spiro atoms. The molecule has 4 rings (SSSR count). The van der Waals surface area contributed by atoms with Gasteiger partial charge in [0.05, 0.1) is 19.7 Å². The number of nitrogens with zero attached hydrogens (tertiary/aromatic N) is 1. The third kappa shape index (κ3) is 5.77. The summed E-state index contributed by atoms with van der Waals surface area (Å²) in [5, 5.41) is 3.70. The number of pyridine rings is 1. The summed E-state index contributed by atoms with van der Waals surface area (Å²) in [5.41, 5.74) is 4.17. The molecule has 0 aliphatic heterocycles. The normalized spacial score (nSPS) is 11.6. The van der Waals surface area contributed by atoms with Crippen LogP contribution in [0.4, 0.5) is 10.5 Å². The van der Waals surface area contributed by atoms with E-state index in [9.17, 15) is 4.79 Å². The van der Waals surface area contributed by atoms with Crippen LogP contribution in [-0.4, -0.2) is 25.3 Å². The predicted octanol–water partition coefficient (Wildman–Crippen LogP) is 7.75. The van der Waals surface area contributed by atoms with Crippen molar-refractivity contribution in [1.82, 2.24) is 4.98 Å². The number of anilines is 1. The van der Waals surface area contributed by atoms with Gasteiger partial charge in [-0.15, -0.1) is 0 Å². The second kappa shape index (κ2) is 11.6. The fourth-order valence-corrected chi connectivity index (χ4v) is 4.19. The number of aromatic nitrogens is 1. The number of benzene rings is 3. The second-order valence-corrected chi connectivity index (χ2v) is 8.72. The minimum Gasteiger partial charge on any atom is -0.493 e. The van der Waals surface area contributed by atoms with Crippen molar-refractivity contribution in [3.05, 3.63) is 83.6 Å². The molecule has 0 aliphatic carbocycles. The first-order valence-electron chi connectivity index (χ1n) is 12.3. The van der Waals surface area contributed by atoms with Crippen molar-refractivity contribution in [3.8, 4) is 23.0 Å². The Morgan fingerprint density at radius 1 is 0.892 bits per heavy atom. The van der Waals surface area contributed by atoms with Crippen LogP contribution in [0.1, 0.15) is 42.6 Å². The van der Waals surface area contributed by atoms with Gasteiger partial charge in [-0.1, -0.05) is 43.7 Å². The van der Waals surface area contributed by atoms with E-state index in [0.29, 0.717) is 28.7 Å². The number of carbonyl (C=O) groups excluding carboxylic acids is 1. The van der Waals surface area contributed by atoms with Crippen LogP contribution >= 0.6 is 0 Å². The van der Waals surface area contributed by atoms with Crippen LogP contribution in [0.2, 0.25) is 0 Å². The number of carbonyl (C=O) groups is 1. The van der Waals surface area contributed by atoms with E-state index in [1.165, 1.54) is 0 Å². The average Bonchev–Trinajstić information content (AvgIpc) is 2.92. The van der Waals surface area contributed by atoms with Crippen LogP contribution in [0.25, 0.3) is 10.9 Å². The molecule has 0 fully saturated rings. The Balaban J connectivity index is 1.54. The highest BCUT2D eigenvalue weighted by Crippen LogP contribution is 2.38. The van der Waals surface area contributed by atoms with Gasteiger partial charge >= 0.3 is 6.09 Å². The Kier molecular flexibility index (Phi) is 8.13. The van der Waals surface area contributed by atoms with Gasteiger partial charge in [-0.2, -0.15) is 0 Å². The van der Waals surface area contributed by atoms with Crippen LogP contribution in [-0.2, 0) is 4.74 Å². The van der Waals surface area contributed by atoms with Crippen molar-refractivity contribution < 1.29 is 23.7 Å². The lowest BCUT2D eigenvalue weighted by Gasteiger charge is -2.20. The molecule has 3 aromatic carbocycles. The Hall–Kier alpha value is -4.26. The van der Waals surface area contributed by atoms with Crippen LogP contribution in [0.15, 0.2) is 66.9 Å². The number of fused-ring (bicyclic) bond motifs is 1. The van der Waals surface area contributed by atoms with Gasteiger partial charge in [0.1, 0.15) is 17.6 Å². The van der Waals surface area contributed by atoms with Crippen molar-refractivity contribution in [2.75, 3.05) is 19.5 Å². The smallest absolute Gasteiger partial charge is 0.412 e. The first-order valence-corrected chi connectivity index (χ1v) is 12.3. The van der Waals surface area contributed by atoms with E-state index in [-0.39, 0.29) is 6.10 Å². The van der Waals surface area contributed by atoms with Gasteiger partial charge in [0.15, 0.2) is 11.5 Å². The summed E-state index contributed by atoms with van der Waals surface area (Å²) in [6.45, 7) is 5.97. The molecule has 0 saturated carbocycles. The number of hydrogen-bond donors (Lipinski definition) is 1. The van der Waals surface area contributed by atoms with Crippen molar-refractivity contribution in [3.63, 3.8) is 0 Å². The Morgan fingerprint density at radius 2 is 1.62 bits per heavy atom. The van der Waals surface area contributed by atoms with E-state index < -0.39 is 6.09 Å². The summed E-state index contributed by atoms with van der Waals surface area (Å²) in [5.74, 6) is 2.50. The molecule has 1 atom stereocenters. The molecule has 1 aromatic heterocycles. The molecule has 0 bridgehead atoms. The molecule has 1 heterocycles. The molecule has 7 nitrogen and oxygen atoms in total. The molecular formula is C30H32N2O5. The summed E-state index contributed by atoms with van der Waals surface area (Å²) in [4.78, 5) is 17.2. The second-order valence-electron chi connectivity index (χ2n) is 8.72. The topological polar surface area (TPSA) is 78.9 Å². The molecular weight excluding hydrogens is 468 g/mol. The number of nitrogens with one attached hydrogen (secondary N) is 1. The molecule has 192 valence electrons. The highest BCUT2D eigenvalue weighted by molar-refractivity contribution is 5.89. The van der Waals surface area contributed by atoms with E-state index in [1.54, 1.807) is 20.4 Å². The molecule has 1 unspecified atom stereocenters. The zero-order valence-electron chi connectivity index (χ0n) is 21.8. The van der Waals surface area contributed by atoms with Crippen molar-refractivity contribution in [2.45, 2.75) is 39.7 Å². The summed E-state index contributed by atoms with van der Waals surface area (Å²) >= 11 is 0. The minimum absolute atomic E-state index is 0.300. The maximum atomic E-state index is 12.8. The molecule has 0 radical (unpaired) electrons. The van der Waals surface area contributed by atoms with Gasteiger partial charge < -0.3 is 18.9 Å². The third-order valence-corrected chi connectivity index (χ3v) is 6.37. The SMILES string of the molecule is CCCC(OC(=O)Nc1ccc(Oc2ccnc3cc(OC)c(OC)cc23)c(C)c1C)c1ccccc1. The van der Waals surface area contributed by atoms with Gasteiger partial charge in [0, 0.05) is 23.3 Å². The minimum atomic E-state index is -0.486. The number of rotatable bonds is 9. The van der Waals surface area contributed by atoms with Crippen LogP contribution in [0, 0.1) is 13.8 Å². The number of hydrogen-bond acceptors (Lipinski definition) is 6. The Labute approximate surface area is 217 Å². The zero-order valence-corrected chi connectivity index (χ0v) is 21.8. The molecule has 0 saturated heterocycles. The standard InChI is InChI=1S/C30H32N2O5/c1-6-10-26(21-11-8-7-9-12-21)37-30(33)32-23-13-14-25(20(3)19(23)2)36-27-15-16-31-24-18-29(35-5)28(34-4)17-22(24)27/h7-9,11-18,26H,6,10H2,1-5H3,(H,32,33). The van der Waals surface area contributed by atoms with Crippen molar-refractivity contribution in [2.24, 2.45) is 0 Å². The first-order chi connectivity index (χ1) is 17.9. The number of methoxy groups -OCH3 is 2. The summed E-state index contributed by atoms with van der Waals surface area (Å²) in [6.07, 6.45) is 2.56. The van der Waals surface area contributed by atoms with Crippen LogP contribution in [0.5, 0.6) is 23.0 Å². The summed E-state index contributed by atoms with van der Waals surface area (Å²) in [6, 6.07) is 18.9. The highest BCUT2D eigenvalue weighted by Gasteiger charge is 2.18. The van der Waals surface area contributed by atoms with E-state index in [1.807, 2.05) is 74.5 Å². The molecule has 1 N–H and O–H groups in total. The molecule has 4 aromatic rings. The Morgan fingerprint density at radius 3 is 2.32 bits per heavy atom.